The van der Waals surface area contributed by atoms with Crippen molar-refractivity contribution in [3.8, 4) is 0 Å². The molecule has 0 atom stereocenters. The summed E-state index contributed by atoms with van der Waals surface area (Å²) in [4.78, 5) is 4.50. The number of alkyl halides is 1. The second-order valence-corrected chi connectivity index (χ2v) is 5.82. The third-order valence-corrected chi connectivity index (χ3v) is 3.97. The van der Waals surface area contributed by atoms with Crippen LogP contribution >= 0.6 is 23.4 Å². The molecule has 0 saturated heterocycles. The van der Waals surface area contributed by atoms with Crippen LogP contribution in [0, 0.1) is 5.82 Å². The highest BCUT2D eigenvalue weighted by molar-refractivity contribution is 7.98. The molecule has 0 aliphatic heterocycles. The first-order valence-electron chi connectivity index (χ1n) is 6.46. The molecule has 2 nitrogen and oxygen atoms in total. The van der Waals surface area contributed by atoms with Gasteiger partial charge in [-0.05, 0) is 37.0 Å². The van der Waals surface area contributed by atoms with E-state index in [1.807, 2.05) is 17.8 Å². The number of imidazole rings is 1. The third-order valence-electron chi connectivity index (χ3n) is 3.09. The number of halogens is 2. The van der Waals surface area contributed by atoms with E-state index in [1.54, 1.807) is 0 Å². The summed E-state index contributed by atoms with van der Waals surface area (Å²) >= 11 is 7.68. The molecule has 0 bridgehead atoms. The quantitative estimate of drug-likeness (QED) is 0.566. The van der Waals surface area contributed by atoms with Gasteiger partial charge >= 0.3 is 0 Å². The van der Waals surface area contributed by atoms with Crippen molar-refractivity contribution < 1.29 is 4.39 Å². The lowest BCUT2D eigenvalue weighted by molar-refractivity contribution is 0.621. The molecule has 1 aromatic carbocycles. The Kier molecular flexibility index (Phi) is 5.52. The van der Waals surface area contributed by atoms with Crippen molar-refractivity contribution in [2.24, 2.45) is 0 Å². The number of hydrogen-bond donors (Lipinski definition) is 0. The molecule has 2 rings (SSSR count). The van der Waals surface area contributed by atoms with E-state index in [0.717, 1.165) is 36.2 Å². The molecule has 0 fully saturated rings. The van der Waals surface area contributed by atoms with Crippen LogP contribution in [0.3, 0.4) is 0 Å². The van der Waals surface area contributed by atoms with Crippen molar-refractivity contribution in [3.63, 3.8) is 0 Å². The van der Waals surface area contributed by atoms with Crippen LogP contribution in [0.4, 0.5) is 4.39 Å². The highest BCUT2D eigenvalue weighted by Crippen LogP contribution is 2.19. The Balaban J connectivity index is 2.24. The minimum Gasteiger partial charge on any atom is -0.328 e. The highest BCUT2D eigenvalue weighted by Gasteiger charge is 2.10. The Morgan fingerprint density at radius 3 is 2.95 bits per heavy atom. The number of hydrogen-bond acceptors (Lipinski definition) is 2. The van der Waals surface area contributed by atoms with Crippen LogP contribution in [0.5, 0.6) is 0 Å². The van der Waals surface area contributed by atoms with Crippen molar-refractivity contribution >= 4 is 34.4 Å². The minimum absolute atomic E-state index is 0.239. The summed E-state index contributed by atoms with van der Waals surface area (Å²) in [5.74, 6) is 2.43. The van der Waals surface area contributed by atoms with E-state index in [1.165, 1.54) is 24.3 Å². The Hall–Kier alpha value is -0.740. The zero-order valence-electron chi connectivity index (χ0n) is 11.0. The number of aryl methyl sites for hydroxylation is 2. The standard InChI is InChI=1S/C14H18ClFN2S/c1-19-9-3-2-8-18-13-5-4-11(16)10-12(13)17-14(18)6-7-15/h4-5,10H,2-3,6-9H2,1H3. The van der Waals surface area contributed by atoms with Crippen molar-refractivity contribution in [1.82, 2.24) is 9.55 Å². The summed E-state index contributed by atoms with van der Waals surface area (Å²) in [7, 11) is 0. The summed E-state index contributed by atoms with van der Waals surface area (Å²) in [6, 6.07) is 4.79. The van der Waals surface area contributed by atoms with Gasteiger partial charge in [-0.15, -0.1) is 11.6 Å². The summed E-state index contributed by atoms with van der Waals surface area (Å²) < 4.78 is 15.4. The number of unbranched alkanes of at least 4 members (excludes halogenated alkanes) is 1. The lowest BCUT2D eigenvalue weighted by Crippen LogP contribution is -2.05. The zero-order chi connectivity index (χ0) is 13.7. The van der Waals surface area contributed by atoms with Crippen LogP contribution in [0.25, 0.3) is 11.0 Å². The van der Waals surface area contributed by atoms with Gasteiger partial charge in [-0.25, -0.2) is 9.37 Å². The first kappa shape index (κ1) is 14.7. The summed E-state index contributed by atoms with van der Waals surface area (Å²) in [5.41, 5.74) is 1.73. The fourth-order valence-electron chi connectivity index (χ4n) is 2.19. The lowest BCUT2D eigenvalue weighted by atomic mass is 10.3. The van der Waals surface area contributed by atoms with Gasteiger partial charge in [0.1, 0.15) is 11.6 Å². The fraction of sp³-hybridized carbons (Fsp3) is 0.500. The molecule has 2 aromatic rings. The van der Waals surface area contributed by atoms with Crippen molar-refractivity contribution in [3.05, 3.63) is 29.8 Å². The second kappa shape index (κ2) is 7.15. The predicted molar refractivity (Wildman–Crippen MR) is 81.7 cm³/mol. The van der Waals surface area contributed by atoms with Crippen LogP contribution in [-0.2, 0) is 13.0 Å². The number of benzene rings is 1. The van der Waals surface area contributed by atoms with Crippen molar-refractivity contribution in [2.75, 3.05) is 17.9 Å². The highest BCUT2D eigenvalue weighted by atomic mass is 35.5. The molecule has 0 aliphatic rings. The molecular formula is C14H18ClFN2S. The van der Waals surface area contributed by atoms with Gasteiger partial charge in [-0.3, -0.25) is 0 Å². The maximum atomic E-state index is 13.2. The number of thioether (sulfide) groups is 1. The van der Waals surface area contributed by atoms with Gasteiger partial charge in [0.05, 0.1) is 11.0 Å². The van der Waals surface area contributed by atoms with Gasteiger partial charge in [-0.1, -0.05) is 0 Å². The number of rotatable bonds is 7. The van der Waals surface area contributed by atoms with Crippen molar-refractivity contribution in [2.45, 2.75) is 25.8 Å². The number of aromatic nitrogens is 2. The third kappa shape index (κ3) is 3.63. The maximum Gasteiger partial charge on any atom is 0.125 e. The average Bonchev–Trinajstić information content (AvgIpc) is 2.72. The zero-order valence-corrected chi connectivity index (χ0v) is 12.6. The molecule has 0 radical (unpaired) electrons. The molecule has 1 aromatic heterocycles. The van der Waals surface area contributed by atoms with Gasteiger partial charge in [0.2, 0.25) is 0 Å². The van der Waals surface area contributed by atoms with Crippen LogP contribution in [0.1, 0.15) is 18.7 Å². The molecule has 1 heterocycles. The van der Waals surface area contributed by atoms with Crippen LogP contribution < -0.4 is 0 Å². The molecule has 0 aliphatic carbocycles. The van der Waals surface area contributed by atoms with E-state index in [4.69, 9.17) is 11.6 Å². The van der Waals surface area contributed by atoms with E-state index in [0.29, 0.717) is 5.88 Å². The van der Waals surface area contributed by atoms with Crippen molar-refractivity contribution in [1.29, 1.82) is 0 Å². The van der Waals surface area contributed by atoms with Gasteiger partial charge in [-0.2, -0.15) is 11.8 Å². The van der Waals surface area contributed by atoms with Crippen LogP contribution in [0.15, 0.2) is 18.2 Å². The summed E-state index contributed by atoms with van der Waals surface area (Å²) in [6.07, 6.45) is 5.13. The normalized spacial score (nSPS) is 11.3. The molecular weight excluding hydrogens is 283 g/mol. The summed E-state index contributed by atoms with van der Waals surface area (Å²) in [5, 5.41) is 0. The Bertz CT molecular complexity index is 541. The average molecular weight is 301 g/mol. The Morgan fingerprint density at radius 1 is 1.37 bits per heavy atom. The van der Waals surface area contributed by atoms with E-state index in [-0.39, 0.29) is 5.82 Å². The Morgan fingerprint density at radius 2 is 2.21 bits per heavy atom. The van der Waals surface area contributed by atoms with Gasteiger partial charge in [0.25, 0.3) is 0 Å². The van der Waals surface area contributed by atoms with E-state index in [2.05, 4.69) is 15.8 Å². The topological polar surface area (TPSA) is 17.8 Å². The monoisotopic (exact) mass is 300 g/mol. The largest absolute Gasteiger partial charge is 0.328 e. The molecule has 104 valence electrons. The Labute approximate surface area is 122 Å². The van der Waals surface area contributed by atoms with Gasteiger partial charge in [0, 0.05) is 24.9 Å². The lowest BCUT2D eigenvalue weighted by Gasteiger charge is -2.08. The maximum absolute atomic E-state index is 13.2. The van der Waals surface area contributed by atoms with Gasteiger partial charge < -0.3 is 4.57 Å². The minimum atomic E-state index is -0.239. The molecule has 0 saturated carbocycles. The predicted octanol–water partition coefficient (Wildman–Crippen LogP) is 4.10. The van der Waals surface area contributed by atoms with E-state index >= 15 is 0 Å². The molecule has 0 amide bonds. The summed E-state index contributed by atoms with van der Waals surface area (Å²) in [6.45, 7) is 0.926. The van der Waals surface area contributed by atoms with Gasteiger partial charge in [0.15, 0.2) is 0 Å². The SMILES string of the molecule is CSCCCCn1c(CCCl)nc2cc(F)ccc21. The molecule has 5 heteroatoms. The smallest absolute Gasteiger partial charge is 0.125 e. The van der Waals surface area contributed by atoms with Crippen LogP contribution in [-0.4, -0.2) is 27.4 Å². The first-order valence-corrected chi connectivity index (χ1v) is 8.38. The number of fused-ring (bicyclic) bond motifs is 1. The molecule has 0 unspecified atom stereocenters. The first-order chi connectivity index (χ1) is 9.26. The second-order valence-electron chi connectivity index (χ2n) is 4.45. The van der Waals surface area contributed by atoms with E-state index in [9.17, 15) is 4.39 Å². The van der Waals surface area contributed by atoms with Crippen LogP contribution in [0.2, 0.25) is 0 Å². The fourth-order valence-corrected chi connectivity index (χ4v) is 2.86. The molecule has 19 heavy (non-hydrogen) atoms. The molecule has 0 spiro atoms. The van der Waals surface area contributed by atoms with E-state index < -0.39 is 0 Å². The molecule has 0 N–H and O–H groups in total. The number of nitrogens with zero attached hydrogens (tertiary/aromatic N) is 2.